The van der Waals surface area contributed by atoms with E-state index >= 15 is 0 Å². The SMILES string of the molecule is COCCCCC(=O)Nc1ccc(C(F)(F)F)cc1. The zero-order valence-electron chi connectivity index (χ0n) is 10.6. The molecule has 0 unspecified atom stereocenters. The van der Waals surface area contributed by atoms with Crippen molar-refractivity contribution in [2.45, 2.75) is 25.4 Å². The quantitative estimate of drug-likeness (QED) is 0.807. The van der Waals surface area contributed by atoms with Gasteiger partial charge in [-0.25, -0.2) is 0 Å². The van der Waals surface area contributed by atoms with E-state index in [-0.39, 0.29) is 5.91 Å². The van der Waals surface area contributed by atoms with Crippen molar-refractivity contribution in [1.29, 1.82) is 0 Å². The van der Waals surface area contributed by atoms with Crippen LogP contribution < -0.4 is 5.32 Å². The van der Waals surface area contributed by atoms with Crippen LogP contribution in [0.15, 0.2) is 24.3 Å². The molecule has 6 heteroatoms. The van der Waals surface area contributed by atoms with Crippen molar-refractivity contribution in [3.8, 4) is 0 Å². The third-order valence-corrected chi connectivity index (χ3v) is 2.50. The molecule has 0 aromatic heterocycles. The zero-order valence-corrected chi connectivity index (χ0v) is 10.6. The number of rotatable bonds is 6. The summed E-state index contributed by atoms with van der Waals surface area (Å²) < 4.78 is 41.8. The molecule has 0 aliphatic heterocycles. The number of halogens is 3. The normalized spacial score (nSPS) is 11.4. The molecule has 0 saturated heterocycles. The smallest absolute Gasteiger partial charge is 0.385 e. The van der Waals surface area contributed by atoms with Gasteiger partial charge < -0.3 is 10.1 Å². The maximum atomic E-state index is 12.3. The third kappa shape index (κ3) is 5.74. The molecule has 0 fully saturated rings. The summed E-state index contributed by atoms with van der Waals surface area (Å²) in [5.41, 5.74) is -0.365. The minimum Gasteiger partial charge on any atom is -0.385 e. The molecule has 0 aliphatic rings. The average Bonchev–Trinajstić information content (AvgIpc) is 2.34. The largest absolute Gasteiger partial charge is 0.416 e. The van der Waals surface area contributed by atoms with E-state index in [0.29, 0.717) is 25.1 Å². The maximum absolute atomic E-state index is 12.3. The average molecular weight is 275 g/mol. The minimum atomic E-state index is -4.36. The Hall–Kier alpha value is -1.56. The lowest BCUT2D eigenvalue weighted by atomic mass is 10.2. The topological polar surface area (TPSA) is 38.3 Å². The van der Waals surface area contributed by atoms with E-state index in [2.05, 4.69) is 5.32 Å². The lowest BCUT2D eigenvalue weighted by molar-refractivity contribution is -0.137. The van der Waals surface area contributed by atoms with Crippen LogP contribution in [0, 0.1) is 0 Å². The van der Waals surface area contributed by atoms with E-state index in [9.17, 15) is 18.0 Å². The van der Waals surface area contributed by atoms with Gasteiger partial charge >= 0.3 is 6.18 Å². The molecular weight excluding hydrogens is 259 g/mol. The number of hydrogen-bond acceptors (Lipinski definition) is 2. The summed E-state index contributed by atoms with van der Waals surface area (Å²) in [5.74, 6) is -0.212. The standard InChI is InChI=1S/C13H16F3NO2/c1-19-9-3-2-4-12(18)17-11-7-5-10(6-8-11)13(14,15)16/h5-8H,2-4,9H2,1H3,(H,17,18). The second-order valence-electron chi connectivity index (χ2n) is 4.07. The molecule has 0 bridgehead atoms. The van der Waals surface area contributed by atoms with Crippen molar-refractivity contribution in [3.63, 3.8) is 0 Å². The third-order valence-electron chi connectivity index (χ3n) is 2.50. The molecule has 1 N–H and O–H groups in total. The summed E-state index contributed by atoms with van der Waals surface area (Å²) in [4.78, 5) is 11.5. The van der Waals surface area contributed by atoms with Crippen molar-refractivity contribution in [2.24, 2.45) is 0 Å². The summed E-state index contributed by atoms with van der Waals surface area (Å²) in [5, 5.41) is 2.55. The van der Waals surface area contributed by atoms with Gasteiger partial charge in [-0.1, -0.05) is 0 Å². The van der Waals surface area contributed by atoms with Crippen LogP contribution in [0.25, 0.3) is 0 Å². The van der Waals surface area contributed by atoms with Gasteiger partial charge in [-0.3, -0.25) is 4.79 Å². The number of anilines is 1. The van der Waals surface area contributed by atoms with Crippen LogP contribution >= 0.6 is 0 Å². The second kappa shape index (κ2) is 7.13. The number of benzene rings is 1. The number of amides is 1. The van der Waals surface area contributed by atoms with Crippen LogP contribution in [0.4, 0.5) is 18.9 Å². The number of hydrogen-bond donors (Lipinski definition) is 1. The van der Waals surface area contributed by atoms with Crippen molar-refractivity contribution >= 4 is 11.6 Å². The highest BCUT2D eigenvalue weighted by Crippen LogP contribution is 2.29. The first kappa shape index (κ1) is 15.5. The fourth-order valence-corrected chi connectivity index (χ4v) is 1.50. The Morgan fingerprint density at radius 2 is 1.84 bits per heavy atom. The van der Waals surface area contributed by atoms with Gasteiger partial charge in [-0.05, 0) is 37.1 Å². The van der Waals surface area contributed by atoms with Crippen LogP contribution in [-0.4, -0.2) is 19.6 Å². The van der Waals surface area contributed by atoms with Crippen molar-refractivity contribution in [1.82, 2.24) is 0 Å². The highest BCUT2D eigenvalue weighted by molar-refractivity contribution is 5.90. The number of nitrogens with one attached hydrogen (secondary N) is 1. The summed E-state index contributed by atoms with van der Waals surface area (Å²) in [6, 6.07) is 4.38. The number of alkyl halides is 3. The van der Waals surface area contributed by atoms with Gasteiger partial charge in [0, 0.05) is 25.8 Å². The van der Waals surface area contributed by atoms with Crippen LogP contribution in [0.5, 0.6) is 0 Å². The molecule has 0 atom stereocenters. The van der Waals surface area contributed by atoms with Crippen molar-refractivity contribution in [3.05, 3.63) is 29.8 Å². The van der Waals surface area contributed by atoms with Gasteiger partial charge in [0.05, 0.1) is 5.56 Å². The highest BCUT2D eigenvalue weighted by Gasteiger charge is 2.29. The van der Waals surface area contributed by atoms with Crippen LogP contribution in [0.2, 0.25) is 0 Å². The molecular formula is C13H16F3NO2. The Kier molecular flexibility index (Phi) is 5.82. The molecule has 106 valence electrons. The maximum Gasteiger partial charge on any atom is 0.416 e. The fraction of sp³-hybridized carbons (Fsp3) is 0.462. The molecule has 1 aromatic carbocycles. The summed E-state index contributed by atoms with van der Waals surface area (Å²) in [6.45, 7) is 0.591. The Morgan fingerprint density at radius 3 is 2.37 bits per heavy atom. The first-order chi connectivity index (χ1) is 8.93. The molecule has 0 aliphatic carbocycles. The molecule has 0 saturated carbocycles. The number of methoxy groups -OCH3 is 1. The van der Waals surface area contributed by atoms with Gasteiger partial charge in [0.15, 0.2) is 0 Å². The van der Waals surface area contributed by atoms with E-state index in [1.54, 1.807) is 7.11 Å². The van der Waals surface area contributed by atoms with Gasteiger partial charge in [-0.15, -0.1) is 0 Å². The van der Waals surface area contributed by atoms with Gasteiger partial charge in [-0.2, -0.15) is 13.2 Å². The number of carbonyl (C=O) groups excluding carboxylic acids is 1. The van der Waals surface area contributed by atoms with E-state index in [1.165, 1.54) is 12.1 Å². The Bertz CT molecular complexity index is 401. The van der Waals surface area contributed by atoms with Crippen molar-refractivity contribution < 1.29 is 22.7 Å². The minimum absolute atomic E-state index is 0.212. The number of ether oxygens (including phenoxy) is 1. The summed E-state index contributed by atoms with van der Waals surface area (Å²) in [6.07, 6.45) is -2.58. The predicted octanol–water partition coefficient (Wildman–Crippen LogP) is 3.46. The number of carbonyl (C=O) groups is 1. The molecule has 0 radical (unpaired) electrons. The fourth-order valence-electron chi connectivity index (χ4n) is 1.50. The van der Waals surface area contributed by atoms with E-state index < -0.39 is 11.7 Å². The zero-order chi connectivity index (χ0) is 14.3. The van der Waals surface area contributed by atoms with Crippen LogP contribution in [0.1, 0.15) is 24.8 Å². The second-order valence-corrected chi connectivity index (χ2v) is 4.07. The van der Waals surface area contributed by atoms with Crippen LogP contribution in [-0.2, 0) is 15.7 Å². The lowest BCUT2D eigenvalue weighted by Crippen LogP contribution is -2.12. The van der Waals surface area contributed by atoms with Gasteiger partial charge in [0.2, 0.25) is 5.91 Å². The Labute approximate surface area is 109 Å². The first-order valence-corrected chi connectivity index (χ1v) is 5.89. The predicted molar refractivity (Wildman–Crippen MR) is 65.8 cm³/mol. The molecule has 1 rings (SSSR count). The van der Waals surface area contributed by atoms with Gasteiger partial charge in [0.25, 0.3) is 0 Å². The molecule has 3 nitrogen and oxygen atoms in total. The number of unbranched alkanes of at least 4 members (excludes halogenated alkanes) is 1. The highest BCUT2D eigenvalue weighted by atomic mass is 19.4. The Morgan fingerprint density at radius 1 is 1.21 bits per heavy atom. The van der Waals surface area contributed by atoms with E-state index in [4.69, 9.17) is 4.74 Å². The Balaban J connectivity index is 2.43. The molecule has 1 aromatic rings. The lowest BCUT2D eigenvalue weighted by Gasteiger charge is -2.08. The summed E-state index contributed by atoms with van der Waals surface area (Å²) in [7, 11) is 1.59. The van der Waals surface area contributed by atoms with E-state index in [1.807, 2.05) is 0 Å². The van der Waals surface area contributed by atoms with Crippen LogP contribution in [0.3, 0.4) is 0 Å². The monoisotopic (exact) mass is 275 g/mol. The molecule has 1 amide bonds. The molecule has 0 heterocycles. The molecule has 19 heavy (non-hydrogen) atoms. The van der Waals surface area contributed by atoms with Crippen molar-refractivity contribution in [2.75, 3.05) is 19.0 Å². The van der Waals surface area contributed by atoms with Gasteiger partial charge in [0.1, 0.15) is 0 Å². The molecule has 0 spiro atoms. The first-order valence-electron chi connectivity index (χ1n) is 5.89. The summed E-state index contributed by atoms with van der Waals surface area (Å²) >= 11 is 0. The van der Waals surface area contributed by atoms with E-state index in [0.717, 1.165) is 18.6 Å².